The van der Waals surface area contributed by atoms with Gasteiger partial charge in [0, 0.05) is 6.07 Å². The standard InChI is InChI=1S/C22H14NO6/c24-21-18-11-10-17(29-22(25)15-6-8-16(9-7-15)23(26)27)12-20(18)28-13-19(21)14-4-2-1-3-5-14/h1-13,26H/q-1. The summed E-state index contributed by atoms with van der Waals surface area (Å²) in [5.41, 5.74) is 1.48. The Hall–Kier alpha value is -3.94. The van der Waals surface area contributed by atoms with Gasteiger partial charge in [-0.2, -0.15) is 0 Å². The molecule has 0 radical (unpaired) electrons. The van der Waals surface area contributed by atoms with Gasteiger partial charge in [-0.25, -0.2) is 4.79 Å². The predicted molar refractivity (Wildman–Crippen MR) is 107 cm³/mol. The Labute approximate surface area is 164 Å². The molecule has 1 aromatic heterocycles. The molecule has 4 rings (SSSR count). The Morgan fingerprint density at radius 1 is 1.00 bits per heavy atom. The van der Waals surface area contributed by atoms with E-state index in [-0.39, 0.29) is 33.2 Å². The van der Waals surface area contributed by atoms with Crippen LogP contribution in [-0.2, 0) is 0 Å². The van der Waals surface area contributed by atoms with Gasteiger partial charge < -0.3 is 19.6 Å². The number of rotatable bonds is 4. The third kappa shape index (κ3) is 3.73. The highest BCUT2D eigenvalue weighted by molar-refractivity contribution is 5.92. The van der Waals surface area contributed by atoms with Gasteiger partial charge in [0.1, 0.15) is 17.6 Å². The Kier molecular flexibility index (Phi) is 4.82. The number of hydrogen-bond acceptors (Lipinski definition) is 7. The molecule has 0 fully saturated rings. The van der Waals surface area contributed by atoms with Crippen molar-refractivity contribution in [2.24, 2.45) is 0 Å². The summed E-state index contributed by atoms with van der Waals surface area (Å²) in [4.78, 5) is 25.0. The maximum atomic E-state index is 12.8. The molecule has 144 valence electrons. The first kappa shape index (κ1) is 18.4. The first-order valence-electron chi connectivity index (χ1n) is 8.62. The Morgan fingerprint density at radius 2 is 1.72 bits per heavy atom. The van der Waals surface area contributed by atoms with E-state index in [4.69, 9.17) is 14.4 Å². The van der Waals surface area contributed by atoms with E-state index in [9.17, 15) is 14.8 Å². The van der Waals surface area contributed by atoms with Crippen LogP contribution in [0.25, 0.3) is 22.1 Å². The van der Waals surface area contributed by atoms with Crippen molar-refractivity contribution in [3.8, 4) is 16.9 Å². The molecule has 29 heavy (non-hydrogen) atoms. The second-order valence-corrected chi connectivity index (χ2v) is 6.21. The molecule has 4 aromatic rings. The molecule has 1 heterocycles. The molecule has 0 unspecified atom stereocenters. The summed E-state index contributed by atoms with van der Waals surface area (Å²) >= 11 is 0. The topological polar surface area (TPSA) is 103 Å². The molecule has 7 heteroatoms. The number of carbonyl (C=O) groups excluding carboxylic acids is 1. The van der Waals surface area contributed by atoms with Crippen molar-refractivity contribution in [2.75, 3.05) is 5.23 Å². The van der Waals surface area contributed by atoms with Crippen LogP contribution in [0.1, 0.15) is 10.4 Å². The van der Waals surface area contributed by atoms with Gasteiger partial charge in [0.05, 0.1) is 22.2 Å². The Morgan fingerprint density at radius 3 is 2.41 bits per heavy atom. The van der Waals surface area contributed by atoms with Crippen molar-refractivity contribution >= 4 is 22.6 Å². The van der Waals surface area contributed by atoms with Crippen molar-refractivity contribution in [3.63, 3.8) is 0 Å². The molecule has 0 spiro atoms. The summed E-state index contributed by atoms with van der Waals surface area (Å²) in [6.07, 6.45) is 1.38. The lowest BCUT2D eigenvalue weighted by Gasteiger charge is -2.21. The quantitative estimate of drug-likeness (QED) is 0.314. The summed E-state index contributed by atoms with van der Waals surface area (Å²) in [6.45, 7) is 0. The third-order valence-electron chi connectivity index (χ3n) is 4.37. The third-order valence-corrected chi connectivity index (χ3v) is 4.37. The minimum Gasteiger partial charge on any atom is -0.733 e. The van der Waals surface area contributed by atoms with Gasteiger partial charge in [-0.15, -0.1) is 0 Å². The minimum atomic E-state index is -0.658. The molecular formula is C22H14NO6-. The van der Waals surface area contributed by atoms with E-state index in [1.165, 1.54) is 42.7 Å². The molecule has 0 aliphatic carbocycles. The molecule has 1 N–H and O–H groups in total. The van der Waals surface area contributed by atoms with E-state index in [0.29, 0.717) is 10.9 Å². The average Bonchev–Trinajstić information content (AvgIpc) is 2.74. The zero-order chi connectivity index (χ0) is 20.4. The zero-order valence-electron chi connectivity index (χ0n) is 14.9. The van der Waals surface area contributed by atoms with Crippen molar-refractivity contribution in [1.82, 2.24) is 0 Å². The SMILES string of the molecule is O=C(Oc1ccc2c(=O)c(-c3ccccc3)coc2c1)c1ccc(N([O-])O)cc1. The fourth-order valence-electron chi connectivity index (χ4n) is 2.88. The van der Waals surface area contributed by atoms with Crippen molar-refractivity contribution in [3.05, 3.63) is 100 Å². The second kappa shape index (κ2) is 7.59. The van der Waals surface area contributed by atoms with Gasteiger partial charge in [0.15, 0.2) is 5.43 Å². The molecule has 0 aliphatic rings. The number of hydrogen-bond donors (Lipinski definition) is 1. The van der Waals surface area contributed by atoms with Crippen molar-refractivity contribution < 1.29 is 19.2 Å². The van der Waals surface area contributed by atoms with Crippen LogP contribution in [0.3, 0.4) is 0 Å². The maximum Gasteiger partial charge on any atom is 0.343 e. The molecule has 7 nitrogen and oxygen atoms in total. The van der Waals surface area contributed by atoms with Gasteiger partial charge in [-0.05, 0) is 42.0 Å². The first-order valence-corrected chi connectivity index (χ1v) is 8.62. The van der Waals surface area contributed by atoms with E-state index in [1.54, 1.807) is 6.07 Å². The van der Waals surface area contributed by atoms with Crippen LogP contribution in [-0.4, -0.2) is 11.2 Å². The number of anilines is 1. The number of esters is 1. The zero-order valence-corrected chi connectivity index (χ0v) is 14.9. The van der Waals surface area contributed by atoms with Gasteiger partial charge >= 0.3 is 5.97 Å². The van der Waals surface area contributed by atoms with Crippen LogP contribution in [0, 0.1) is 5.21 Å². The average molecular weight is 388 g/mol. The fraction of sp³-hybridized carbons (Fsp3) is 0. The first-order chi connectivity index (χ1) is 14.0. The lowest BCUT2D eigenvalue weighted by molar-refractivity contribution is 0.0735. The predicted octanol–water partition coefficient (Wildman–Crippen LogP) is 4.37. The highest BCUT2D eigenvalue weighted by atomic mass is 16.8. The fourth-order valence-corrected chi connectivity index (χ4v) is 2.88. The summed E-state index contributed by atoms with van der Waals surface area (Å²) < 4.78 is 10.9. The van der Waals surface area contributed by atoms with E-state index >= 15 is 0 Å². The summed E-state index contributed by atoms with van der Waals surface area (Å²) in [6, 6.07) is 19.0. The van der Waals surface area contributed by atoms with Crippen LogP contribution < -0.4 is 15.4 Å². The number of carbonyl (C=O) groups is 1. The maximum absolute atomic E-state index is 12.8. The van der Waals surface area contributed by atoms with Crippen LogP contribution in [0.2, 0.25) is 0 Å². The molecule has 0 saturated carbocycles. The van der Waals surface area contributed by atoms with Crippen LogP contribution in [0.15, 0.2) is 88.3 Å². The van der Waals surface area contributed by atoms with Crippen molar-refractivity contribution in [2.45, 2.75) is 0 Å². The van der Waals surface area contributed by atoms with Crippen LogP contribution in [0.4, 0.5) is 5.69 Å². The molecule has 0 saturated heterocycles. The molecular weight excluding hydrogens is 374 g/mol. The summed E-state index contributed by atoms with van der Waals surface area (Å²) in [7, 11) is 0. The molecule has 0 atom stereocenters. The van der Waals surface area contributed by atoms with Crippen LogP contribution >= 0.6 is 0 Å². The monoisotopic (exact) mass is 388 g/mol. The van der Waals surface area contributed by atoms with E-state index in [1.807, 2.05) is 30.3 Å². The van der Waals surface area contributed by atoms with E-state index < -0.39 is 5.97 Å². The van der Waals surface area contributed by atoms with Gasteiger partial charge in [-0.1, -0.05) is 30.3 Å². The smallest absolute Gasteiger partial charge is 0.343 e. The second-order valence-electron chi connectivity index (χ2n) is 6.21. The number of benzene rings is 3. The van der Waals surface area contributed by atoms with E-state index in [0.717, 1.165) is 5.56 Å². The normalized spacial score (nSPS) is 10.7. The highest BCUT2D eigenvalue weighted by Crippen LogP contribution is 2.24. The number of fused-ring (bicyclic) bond motifs is 1. The lowest BCUT2D eigenvalue weighted by atomic mass is 10.1. The summed E-state index contributed by atoms with van der Waals surface area (Å²) in [5, 5.41) is 19.7. The van der Waals surface area contributed by atoms with Gasteiger partial charge in [0.25, 0.3) is 0 Å². The number of nitrogens with zero attached hydrogens (tertiary/aromatic N) is 1. The van der Waals surface area contributed by atoms with Gasteiger partial charge in [-0.3, -0.25) is 10.0 Å². The largest absolute Gasteiger partial charge is 0.733 e. The van der Waals surface area contributed by atoms with Crippen LogP contribution in [0.5, 0.6) is 5.75 Å². The molecule has 0 aliphatic heterocycles. The van der Waals surface area contributed by atoms with Crippen molar-refractivity contribution in [1.29, 1.82) is 0 Å². The summed E-state index contributed by atoms with van der Waals surface area (Å²) in [5.74, 6) is -0.454. The Bertz CT molecular complexity index is 1230. The highest BCUT2D eigenvalue weighted by Gasteiger charge is 2.13. The minimum absolute atomic E-state index is 0.0109. The lowest BCUT2D eigenvalue weighted by Crippen LogP contribution is -2.10. The molecule has 0 amide bonds. The molecule has 3 aromatic carbocycles. The molecule has 0 bridgehead atoms. The Balaban J connectivity index is 1.61. The number of ether oxygens (including phenoxy) is 1. The van der Waals surface area contributed by atoms with Gasteiger partial charge in [0.2, 0.25) is 0 Å². The van der Waals surface area contributed by atoms with E-state index in [2.05, 4.69) is 0 Å².